The number of likely N-dealkylation sites (N-methyl/N-ethyl adjacent to an activating group) is 1. The Kier molecular flexibility index (Phi) is 4.63. The number of carbonyl (C=O) groups excluding carboxylic acids is 2. The molecule has 5 rings (SSSR count). The Hall–Kier alpha value is -3.45. The van der Waals surface area contributed by atoms with Crippen LogP contribution in [0.25, 0.3) is 17.0 Å². The van der Waals surface area contributed by atoms with E-state index in [9.17, 15) is 9.59 Å². The van der Waals surface area contributed by atoms with Crippen LogP contribution in [0, 0.1) is 12.3 Å². The predicted molar refractivity (Wildman–Crippen MR) is 118 cm³/mol. The maximum atomic E-state index is 12.6. The number of hydrogen-bond donors (Lipinski definition) is 2. The number of benzene rings is 1. The lowest BCUT2D eigenvalue weighted by Crippen LogP contribution is -2.62. The quantitative estimate of drug-likeness (QED) is 0.639. The highest BCUT2D eigenvalue weighted by Crippen LogP contribution is 2.36. The summed E-state index contributed by atoms with van der Waals surface area (Å²) in [6.45, 7) is 3.77. The van der Waals surface area contributed by atoms with Crippen LogP contribution in [-0.4, -0.2) is 41.8 Å². The minimum absolute atomic E-state index is 0.0345. The molecular weight excluding hydrogens is 392 g/mol. The molecule has 158 valence electrons. The second-order valence-electron chi connectivity index (χ2n) is 8.47. The van der Waals surface area contributed by atoms with Crippen LogP contribution < -0.4 is 10.6 Å². The molecule has 0 aliphatic carbocycles. The zero-order valence-corrected chi connectivity index (χ0v) is 17.6. The SMILES string of the molecule is Cc1c(CN(C)C(=O)/C=C/c2cnc3c(c2)CC2(CNC2)C(=O)N3)oc2ccccc12. The van der Waals surface area contributed by atoms with Crippen molar-refractivity contribution >= 4 is 34.7 Å². The first-order valence-corrected chi connectivity index (χ1v) is 10.4. The van der Waals surface area contributed by atoms with Gasteiger partial charge in [-0.1, -0.05) is 18.2 Å². The van der Waals surface area contributed by atoms with Crippen molar-refractivity contribution in [2.45, 2.75) is 19.9 Å². The van der Waals surface area contributed by atoms with Crippen LogP contribution in [0.2, 0.25) is 0 Å². The largest absolute Gasteiger partial charge is 0.459 e. The lowest BCUT2D eigenvalue weighted by Gasteiger charge is -2.43. The van der Waals surface area contributed by atoms with Crippen LogP contribution in [0.3, 0.4) is 0 Å². The second-order valence-corrected chi connectivity index (χ2v) is 8.47. The summed E-state index contributed by atoms with van der Waals surface area (Å²) in [7, 11) is 1.76. The Bertz CT molecular complexity index is 1220. The Morgan fingerprint density at radius 2 is 2.13 bits per heavy atom. The molecule has 7 heteroatoms. The number of anilines is 1. The van der Waals surface area contributed by atoms with Crippen LogP contribution in [0.15, 0.2) is 47.0 Å². The van der Waals surface area contributed by atoms with Crippen molar-refractivity contribution in [3.8, 4) is 0 Å². The lowest BCUT2D eigenvalue weighted by atomic mass is 9.73. The van der Waals surface area contributed by atoms with Gasteiger partial charge in [0.15, 0.2) is 0 Å². The first-order chi connectivity index (χ1) is 14.9. The highest BCUT2D eigenvalue weighted by atomic mass is 16.3. The van der Waals surface area contributed by atoms with Gasteiger partial charge in [-0.15, -0.1) is 0 Å². The lowest BCUT2D eigenvalue weighted by molar-refractivity contribution is -0.129. The fourth-order valence-corrected chi connectivity index (χ4v) is 4.23. The maximum Gasteiger partial charge on any atom is 0.246 e. The van der Waals surface area contributed by atoms with Crippen LogP contribution in [-0.2, 0) is 22.6 Å². The third-order valence-electron chi connectivity index (χ3n) is 6.27. The highest BCUT2D eigenvalue weighted by molar-refractivity contribution is 5.99. The van der Waals surface area contributed by atoms with Crippen LogP contribution in [0.5, 0.6) is 0 Å². The van der Waals surface area contributed by atoms with Gasteiger partial charge >= 0.3 is 0 Å². The molecule has 31 heavy (non-hydrogen) atoms. The summed E-state index contributed by atoms with van der Waals surface area (Å²) in [5.74, 6) is 1.32. The molecule has 2 aliphatic heterocycles. The summed E-state index contributed by atoms with van der Waals surface area (Å²) in [5, 5.41) is 7.16. The normalized spacial score (nSPS) is 16.9. The summed E-state index contributed by atoms with van der Waals surface area (Å²) >= 11 is 0. The molecule has 1 fully saturated rings. The van der Waals surface area contributed by atoms with Crippen molar-refractivity contribution in [1.82, 2.24) is 15.2 Å². The molecule has 1 spiro atoms. The first kappa shape index (κ1) is 19.5. The van der Waals surface area contributed by atoms with Gasteiger partial charge in [-0.2, -0.15) is 0 Å². The molecule has 0 radical (unpaired) electrons. The van der Waals surface area contributed by atoms with Crippen molar-refractivity contribution in [2.24, 2.45) is 5.41 Å². The van der Waals surface area contributed by atoms with Crippen molar-refractivity contribution in [3.05, 3.63) is 65.1 Å². The van der Waals surface area contributed by atoms with Gasteiger partial charge < -0.3 is 20.0 Å². The molecule has 1 aromatic carbocycles. The van der Waals surface area contributed by atoms with E-state index >= 15 is 0 Å². The van der Waals surface area contributed by atoms with Gasteiger partial charge in [-0.25, -0.2) is 4.98 Å². The number of para-hydroxylation sites is 1. The van der Waals surface area contributed by atoms with E-state index in [-0.39, 0.29) is 17.2 Å². The van der Waals surface area contributed by atoms with Crippen molar-refractivity contribution in [1.29, 1.82) is 0 Å². The molecule has 7 nitrogen and oxygen atoms in total. The van der Waals surface area contributed by atoms with Gasteiger partial charge in [-0.05, 0) is 42.7 Å². The molecule has 3 aromatic rings. The number of carbonyl (C=O) groups is 2. The molecule has 2 aromatic heterocycles. The van der Waals surface area contributed by atoms with E-state index < -0.39 is 0 Å². The topological polar surface area (TPSA) is 87.5 Å². The van der Waals surface area contributed by atoms with Crippen LogP contribution >= 0.6 is 0 Å². The fourth-order valence-electron chi connectivity index (χ4n) is 4.23. The number of aromatic nitrogens is 1. The van der Waals surface area contributed by atoms with Gasteiger partial charge in [0.25, 0.3) is 0 Å². The monoisotopic (exact) mass is 416 g/mol. The zero-order chi connectivity index (χ0) is 21.6. The number of furan rings is 1. The average molecular weight is 416 g/mol. The molecule has 2 N–H and O–H groups in total. The predicted octanol–water partition coefficient (Wildman–Crippen LogP) is 2.89. The Balaban J connectivity index is 1.29. The fraction of sp³-hybridized carbons (Fsp3) is 0.292. The molecule has 1 saturated heterocycles. The number of hydrogen-bond acceptors (Lipinski definition) is 5. The van der Waals surface area contributed by atoms with Crippen molar-refractivity contribution in [3.63, 3.8) is 0 Å². The molecule has 0 unspecified atom stereocenters. The molecule has 2 aliphatic rings. The third kappa shape index (κ3) is 3.41. The number of pyridine rings is 1. The summed E-state index contributed by atoms with van der Waals surface area (Å²) < 4.78 is 5.92. The molecule has 4 heterocycles. The van der Waals surface area contributed by atoms with Crippen LogP contribution in [0.4, 0.5) is 5.82 Å². The number of nitrogens with zero attached hydrogens (tertiary/aromatic N) is 2. The van der Waals surface area contributed by atoms with E-state index in [4.69, 9.17) is 4.42 Å². The van der Waals surface area contributed by atoms with Crippen LogP contribution in [0.1, 0.15) is 22.5 Å². The summed E-state index contributed by atoms with van der Waals surface area (Å²) in [6, 6.07) is 9.87. The minimum atomic E-state index is -0.364. The van der Waals surface area contributed by atoms with E-state index in [0.29, 0.717) is 31.9 Å². The highest BCUT2D eigenvalue weighted by Gasteiger charge is 2.47. The third-order valence-corrected chi connectivity index (χ3v) is 6.27. The average Bonchev–Trinajstić information content (AvgIpc) is 3.05. The summed E-state index contributed by atoms with van der Waals surface area (Å²) in [4.78, 5) is 31.0. The number of amides is 2. The van der Waals surface area contributed by atoms with E-state index in [1.165, 1.54) is 0 Å². The number of fused-ring (bicyclic) bond motifs is 2. The van der Waals surface area contributed by atoms with E-state index in [2.05, 4.69) is 15.6 Å². The Labute approximate surface area is 180 Å². The number of aryl methyl sites for hydroxylation is 1. The van der Waals surface area contributed by atoms with E-state index in [0.717, 1.165) is 33.4 Å². The van der Waals surface area contributed by atoms with Crippen molar-refractivity contribution < 1.29 is 14.0 Å². The van der Waals surface area contributed by atoms with Gasteiger partial charge in [0, 0.05) is 43.4 Å². The first-order valence-electron chi connectivity index (χ1n) is 10.4. The Morgan fingerprint density at radius 3 is 2.87 bits per heavy atom. The van der Waals surface area contributed by atoms with Gasteiger partial charge in [-0.3, -0.25) is 9.59 Å². The standard InChI is InChI=1S/C24H24N4O3/c1-15-18-5-3-4-6-19(18)31-20(15)12-28(2)21(29)8-7-16-9-17-10-24(13-25-14-24)23(30)27-22(17)26-11-16/h3-9,11,25H,10,12-14H2,1-2H3,(H,26,27,30)/b8-7+. The van der Waals surface area contributed by atoms with Gasteiger partial charge in [0.1, 0.15) is 17.2 Å². The number of nitrogens with one attached hydrogen (secondary N) is 2. The van der Waals surface area contributed by atoms with Crippen molar-refractivity contribution in [2.75, 3.05) is 25.5 Å². The smallest absolute Gasteiger partial charge is 0.246 e. The van der Waals surface area contributed by atoms with Gasteiger partial charge in [0.05, 0.1) is 12.0 Å². The Morgan fingerprint density at radius 1 is 1.32 bits per heavy atom. The second kappa shape index (κ2) is 7.35. The van der Waals surface area contributed by atoms with E-state index in [1.807, 2.05) is 37.3 Å². The molecule has 0 atom stereocenters. The van der Waals surface area contributed by atoms with E-state index in [1.54, 1.807) is 30.3 Å². The maximum absolute atomic E-state index is 12.6. The number of rotatable bonds is 4. The molecule has 2 amide bonds. The molecule has 0 bridgehead atoms. The summed E-state index contributed by atoms with van der Waals surface area (Å²) in [6.07, 6.45) is 5.64. The zero-order valence-electron chi connectivity index (χ0n) is 17.6. The minimum Gasteiger partial charge on any atom is -0.459 e. The summed E-state index contributed by atoms with van der Waals surface area (Å²) in [5.41, 5.74) is 3.36. The van der Waals surface area contributed by atoms with Gasteiger partial charge in [0.2, 0.25) is 11.8 Å². The molecule has 0 saturated carbocycles. The molecular formula is C24H24N4O3.